The molecule has 2 aromatic carbocycles. The number of nitrogen functional groups attached to an aromatic ring is 1. The number of piperidine rings is 1. The second kappa shape index (κ2) is 10.8. The van der Waals surface area contributed by atoms with Gasteiger partial charge in [-0.2, -0.15) is 0 Å². The van der Waals surface area contributed by atoms with Crippen LogP contribution in [0.1, 0.15) is 41.3 Å². The first-order valence-corrected chi connectivity index (χ1v) is 10.8. The zero-order chi connectivity index (χ0) is 23.1. The summed E-state index contributed by atoms with van der Waals surface area (Å²) in [7, 11) is 0. The van der Waals surface area contributed by atoms with E-state index in [1.165, 1.54) is 0 Å². The van der Waals surface area contributed by atoms with Crippen molar-refractivity contribution in [3.05, 3.63) is 65.2 Å². The van der Waals surface area contributed by atoms with Gasteiger partial charge in [0.25, 0.3) is 5.91 Å². The van der Waals surface area contributed by atoms with Gasteiger partial charge in [0.2, 0.25) is 5.91 Å². The van der Waals surface area contributed by atoms with Crippen LogP contribution in [0.15, 0.2) is 48.5 Å². The van der Waals surface area contributed by atoms with Crippen LogP contribution < -0.4 is 11.1 Å². The van der Waals surface area contributed by atoms with Crippen LogP contribution in [-0.2, 0) is 16.0 Å². The normalized spacial score (nSPS) is 15.2. The molecule has 0 radical (unpaired) electrons. The molecule has 1 fully saturated rings. The molecule has 2 amide bonds. The lowest BCUT2D eigenvalue weighted by Gasteiger charge is -2.34. The van der Waals surface area contributed by atoms with E-state index in [0.717, 1.165) is 18.4 Å². The number of carbonyl (C=O) groups is 2. The van der Waals surface area contributed by atoms with Crippen LogP contribution in [0.2, 0.25) is 0 Å². The lowest BCUT2D eigenvalue weighted by Crippen LogP contribution is -2.52. The Bertz CT molecular complexity index is 935. The first kappa shape index (κ1) is 23.3. The first-order valence-electron chi connectivity index (χ1n) is 10.8. The van der Waals surface area contributed by atoms with Gasteiger partial charge in [-0.15, -0.1) is 0 Å². The van der Waals surface area contributed by atoms with Crippen molar-refractivity contribution in [1.82, 2.24) is 10.2 Å². The Morgan fingerprint density at radius 2 is 1.72 bits per heavy atom. The van der Waals surface area contributed by atoms with E-state index in [-0.39, 0.29) is 29.5 Å². The molecule has 1 aliphatic heterocycles. The number of ether oxygens (including phenoxy) is 1. The zero-order valence-electron chi connectivity index (χ0n) is 18.2. The van der Waals surface area contributed by atoms with Crippen molar-refractivity contribution in [2.75, 3.05) is 19.7 Å². The number of aromatic hydroxyl groups is 1. The summed E-state index contributed by atoms with van der Waals surface area (Å²) in [6.07, 6.45) is 2.01. The molecule has 0 unspecified atom stereocenters. The molecule has 0 spiro atoms. The molecule has 5 N–H and O–H groups in total. The smallest absolute Gasteiger partial charge is 0.251 e. The lowest BCUT2D eigenvalue weighted by molar-refractivity contribution is -0.135. The molecular formula is C24H30N4O4. The van der Waals surface area contributed by atoms with E-state index in [1.54, 1.807) is 53.4 Å². The minimum atomic E-state index is -0.747. The van der Waals surface area contributed by atoms with Gasteiger partial charge in [0.1, 0.15) is 17.6 Å². The molecule has 0 aromatic heterocycles. The average Bonchev–Trinajstić information content (AvgIpc) is 2.80. The molecule has 2 aromatic rings. The van der Waals surface area contributed by atoms with Crippen LogP contribution >= 0.6 is 0 Å². The van der Waals surface area contributed by atoms with Gasteiger partial charge in [0.15, 0.2) is 0 Å². The second-order valence-electron chi connectivity index (χ2n) is 7.87. The number of amides is 2. The quantitative estimate of drug-likeness (QED) is 0.370. The molecular weight excluding hydrogens is 408 g/mol. The monoisotopic (exact) mass is 438 g/mol. The van der Waals surface area contributed by atoms with Gasteiger partial charge in [0.05, 0.1) is 6.10 Å². The van der Waals surface area contributed by atoms with E-state index in [1.807, 2.05) is 6.92 Å². The lowest BCUT2D eigenvalue weighted by atomic mass is 10.0. The minimum Gasteiger partial charge on any atom is -0.508 e. The molecule has 8 nitrogen and oxygen atoms in total. The van der Waals surface area contributed by atoms with Crippen LogP contribution in [0, 0.1) is 5.41 Å². The molecule has 3 rings (SSSR count). The number of nitrogens with one attached hydrogen (secondary N) is 2. The average molecular weight is 439 g/mol. The van der Waals surface area contributed by atoms with Gasteiger partial charge in [-0.25, -0.2) is 0 Å². The summed E-state index contributed by atoms with van der Waals surface area (Å²) in [5, 5.41) is 19.9. The highest BCUT2D eigenvalue weighted by Gasteiger charge is 2.30. The van der Waals surface area contributed by atoms with Crippen LogP contribution in [0.25, 0.3) is 0 Å². The number of hydrogen-bond donors (Lipinski definition) is 4. The third kappa shape index (κ3) is 6.07. The topological polar surface area (TPSA) is 129 Å². The Labute approximate surface area is 187 Å². The molecule has 170 valence electrons. The van der Waals surface area contributed by atoms with Crippen molar-refractivity contribution < 1.29 is 19.4 Å². The van der Waals surface area contributed by atoms with E-state index < -0.39 is 6.04 Å². The van der Waals surface area contributed by atoms with Crippen molar-refractivity contribution in [3.63, 3.8) is 0 Å². The van der Waals surface area contributed by atoms with Gasteiger partial charge < -0.3 is 25.8 Å². The van der Waals surface area contributed by atoms with Crippen LogP contribution in [0.4, 0.5) is 0 Å². The third-order valence-electron chi connectivity index (χ3n) is 5.59. The van der Waals surface area contributed by atoms with E-state index in [0.29, 0.717) is 37.2 Å². The molecule has 0 aliphatic carbocycles. The number of nitrogens with two attached hydrogens (primary N) is 1. The number of phenols is 1. The summed E-state index contributed by atoms with van der Waals surface area (Å²) in [5.74, 6) is -0.444. The van der Waals surface area contributed by atoms with Gasteiger partial charge >= 0.3 is 0 Å². The van der Waals surface area contributed by atoms with Crippen molar-refractivity contribution >= 4 is 17.6 Å². The van der Waals surface area contributed by atoms with E-state index >= 15 is 0 Å². The van der Waals surface area contributed by atoms with Crippen LogP contribution in [0.5, 0.6) is 5.75 Å². The number of amidine groups is 1. The summed E-state index contributed by atoms with van der Waals surface area (Å²) >= 11 is 0. The van der Waals surface area contributed by atoms with E-state index in [9.17, 15) is 14.7 Å². The Kier molecular flexibility index (Phi) is 7.83. The van der Waals surface area contributed by atoms with Crippen molar-refractivity contribution in [2.45, 2.75) is 38.3 Å². The number of phenolic OH excluding ortho intramolecular Hbond substituents is 1. The fourth-order valence-corrected chi connectivity index (χ4v) is 3.81. The first-order chi connectivity index (χ1) is 15.4. The van der Waals surface area contributed by atoms with Crippen LogP contribution in [-0.4, -0.2) is 59.5 Å². The second-order valence-corrected chi connectivity index (χ2v) is 7.87. The summed E-state index contributed by atoms with van der Waals surface area (Å²) in [6.45, 7) is 3.78. The fourth-order valence-electron chi connectivity index (χ4n) is 3.81. The SMILES string of the molecule is CCOC1CCN(C(=O)[C@H](Cc2ccc(O)cc2)NC(=O)c2ccc(C(=N)N)cc2)CC1. The molecule has 1 saturated heterocycles. The van der Waals surface area contributed by atoms with Gasteiger partial charge in [0, 0.05) is 37.2 Å². The number of nitrogens with zero attached hydrogens (tertiary/aromatic N) is 1. The largest absolute Gasteiger partial charge is 0.508 e. The number of rotatable bonds is 8. The standard InChI is InChI=1S/C24H30N4O4/c1-2-32-20-11-13-28(14-12-20)24(31)21(15-16-3-9-19(29)10-4-16)27-23(30)18-7-5-17(6-8-18)22(25)26/h3-10,20-21,29H,2,11-15H2,1H3,(H3,25,26)(H,27,30)/t21-/m0/s1. The number of likely N-dealkylation sites (tertiary alicyclic amines) is 1. The molecule has 1 aliphatic rings. The summed E-state index contributed by atoms with van der Waals surface area (Å²) in [4.78, 5) is 28.0. The molecule has 0 bridgehead atoms. The Morgan fingerprint density at radius 1 is 1.12 bits per heavy atom. The van der Waals surface area contributed by atoms with Gasteiger partial charge in [-0.3, -0.25) is 15.0 Å². The highest BCUT2D eigenvalue weighted by Crippen LogP contribution is 2.17. The maximum atomic E-state index is 13.3. The predicted molar refractivity (Wildman–Crippen MR) is 122 cm³/mol. The molecule has 32 heavy (non-hydrogen) atoms. The van der Waals surface area contributed by atoms with Gasteiger partial charge in [-0.05, 0) is 49.6 Å². The fraction of sp³-hybridized carbons (Fsp3) is 0.375. The molecule has 1 atom stereocenters. The minimum absolute atomic E-state index is 0.0761. The Morgan fingerprint density at radius 3 is 2.28 bits per heavy atom. The highest BCUT2D eigenvalue weighted by atomic mass is 16.5. The highest BCUT2D eigenvalue weighted by molar-refractivity contribution is 5.99. The molecule has 0 saturated carbocycles. The third-order valence-corrected chi connectivity index (χ3v) is 5.59. The Hall–Kier alpha value is -3.39. The van der Waals surface area contributed by atoms with Crippen molar-refractivity contribution in [3.8, 4) is 5.75 Å². The Balaban J connectivity index is 1.74. The molecule has 8 heteroatoms. The van der Waals surface area contributed by atoms with Crippen LogP contribution in [0.3, 0.4) is 0 Å². The summed E-state index contributed by atoms with van der Waals surface area (Å²) in [5.41, 5.74) is 7.21. The summed E-state index contributed by atoms with van der Waals surface area (Å²) in [6, 6.07) is 12.2. The summed E-state index contributed by atoms with van der Waals surface area (Å²) < 4.78 is 5.67. The zero-order valence-corrected chi connectivity index (χ0v) is 18.2. The van der Waals surface area contributed by atoms with E-state index in [2.05, 4.69) is 5.32 Å². The van der Waals surface area contributed by atoms with Crippen molar-refractivity contribution in [2.24, 2.45) is 5.73 Å². The van der Waals surface area contributed by atoms with Gasteiger partial charge in [-0.1, -0.05) is 24.3 Å². The predicted octanol–water partition coefficient (Wildman–Crippen LogP) is 2.04. The maximum Gasteiger partial charge on any atom is 0.251 e. The molecule has 1 heterocycles. The number of benzene rings is 2. The van der Waals surface area contributed by atoms with E-state index in [4.69, 9.17) is 15.9 Å². The number of hydrogen-bond acceptors (Lipinski definition) is 5. The van der Waals surface area contributed by atoms with Crippen molar-refractivity contribution in [1.29, 1.82) is 5.41 Å². The number of carbonyl (C=O) groups excluding carboxylic acids is 2. The maximum absolute atomic E-state index is 13.3.